The number of aromatic nitrogens is 2. The largest absolute Gasteiger partial charge is 0.495 e. The Balaban J connectivity index is 1.59. The van der Waals surface area contributed by atoms with Crippen LogP contribution < -0.4 is 15.0 Å². The van der Waals surface area contributed by atoms with Gasteiger partial charge in [0.2, 0.25) is 5.91 Å². The Morgan fingerprint density at radius 3 is 2.79 bits per heavy atom. The molecule has 1 fully saturated rings. The molecule has 2 amide bonds. The third kappa shape index (κ3) is 3.63. The molecule has 1 aliphatic heterocycles. The fourth-order valence-corrected chi connectivity index (χ4v) is 3.36. The molecule has 0 unspecified atom stereocenters. The Morgan fingerprint density at radius 2 is 2.10 bits per heavy atom. The molecule has 2 aromatic carbocycles. The molecule has 7 nitrogen and oxygen atoms in total. The molecule has 0 aliphatic carbocycles. The molecule has 150 valence electrons. The number of anilines is 2. The van der Waals surface area contributed by atoms with Crippen LogP contribution in [-0.4, -0.2) is 35.4 Å². The Hall–Kier alpha value is -3.49. The number of methoxy groups -OCH3 is 1. The predicted molar refractivity (Wildman–Crippen MR) is 104 cm³/mol. The highest BCUT2D eigenvalue weighted by Crippen LogP contribution is 2.34. The number of aromatic amines is 1. The molecule has 9 heteroatoms. The first kappa shape index (κ1) is 18.9. The van der Waals surface area contributed by atoms with Gasteiger partial charge in [0.25, 0.3) is 12.3 Å². The molecule has 0 radical (unpaired) electrons. The second kappa shape index (κ2) is 7.50. The number of amides is 2. The van der Waals surface area contributed by atoms with Gasteiger partial charge in [-0.15, -0.1) is 0 Å². The lowest BCUT2D eigenvalue weighted by Crippen LogP contribution is -2.24. The van der Waals surface area contributed by atoms with E-state index >= 15 is 0 Å². The van der Waals surface area contributed by atoms with E-state index < -0.39 is 18.2 Å². The molecule has 3 aromatic rings. The molecule has 1 aromatic heterocycles. The number of nitrogens with one attached hydrogen (secondary N) is 2. The third-order valence-electron chi connectivity index (χ3n) is 4.77. The first-order valence-electron chi connectivity index (χ1n) is 9.04. The number of fused-ring (bicyclic) bond motifs is 1. The number of alkyl halides is 2. The number of hydrogen-bond donors (Lipinski definition) is 2. The van der Waals surface area contributed by atoms with Crippen molar-refractivity contribution < 1.29 is 23.1 Å². The van der Waals surface area contributed by atoms with Gasteiger partial charge < -0.3 is 19.9 Å². The van der Waals surface area contributed by atoms with Gasteiger partial charge in [0.15, 0.2) is 5.82 Å². The molecule has 1 aliphatic rings. The quantitative estimate of drug-likeness (QED) is 0.680. The molecular formula is C20H18F2N4O3. The molecule has 4 rings (SSSR count). The van der Waals surface area contributed by atoms with Gasteiger partial charge in [-0.25, -0.2) is 13.8 Å². The number of nitrogens with zero attached hydrogens (tertiary/aromatic N) is 2. The molecule has 0 atom stereocenters. The van der Waals surface area contributed by atoms with Crippen molar-refractivity contribution in [2.45, 2.75) is 19.3 Å². The molecule has 29 heavy (non-hydrogen) atoms. The van der Waals surface area contributed by atoms with Crippen LogP contribution in [0.25, 0.3) is 11.0 Å². The fourth-order valence-electron chi connectivity index (χ4n) is 3.36. The van der Waals surface area contributed by atoms with Crippen molar-refractivity contribution in [2.75, 3.05) is 23.9 Å². The van der Waals surface area contributed by atoms with Crippen molar-refractivity contribution >= 4 is 34.2 Å². The minimum absolute atomic E-state index is 0.00584. The maximum Gasteiger partial charge on any atom is 0.295 e. The number of imidazole rings is 1. The molecule has 0 saturated carbocycles. The van der Waals surface area contributed by atoms with Gasteiger partial charge in [-0.05, 0) is 42.8 Å². The first-order valence-corrected chi connectivity index (χ1v) is 9.04. The van der Waals surface area contributed by atoms with Crippen molar-refractivity contribution in [3.05, 3.63) is 47.8 Å². The maximum absolute atomic E-state index is 12.8. The second-order valence-electron chi connectivity index (χ2n) is 6.64. The number of ether oxygens (including phenoxy) is 1. The van der Waals surface area contributed by atoms with Crippen molar-refractivity contribution in [2.24, 2.45) is 0 Å². The standard InChI is InChI=1S/C20H18F2N4O3/c1-29-16-7-5-12(10-15(16)26-8-2-3-17(26)27)23-20(28)11-4-6-13-14(9-11)25-19(24-13)18(21)22/h4-7,9-10,18H,2-3,8H2,1H3,(H,23,28)(H,24,25). The normalized spacial score (nSPS) is 14.1. The summed E-state index contributed by atoms with van der Waals surface area (Å²) in [5.41, 5.74) is 2.08. The minimum Gasteiger partial charge on any atom is -0.495 e. The molecule has 2 N–H and O–H groups in total. The summed E-state index contributed by atoms with van der Waals surface area (Å²) in [4.78, 5) is 32.7. The number of H-pyrrole nitrogens is 1. The highest BCUT2D eigenvalue weighted by atomic mass is 19.3. The lowest BCUT2D eigenvalue weighted by Gasteiger charge is -2.20. The Bertz CT molecular complexity index is 1100. The van der Waals surface area contributed by atoms with E-state index in [0.29, 0.717) is 41.1 Å². The Labute approximate surface area is 164 Å². The zero-order chi connectivity index (χ0) is 20.5. The maximum atomic E-state index is 12.8. The van der Waals surface area contributed by atoms with Crippen LogP contribution in [0.3, 0.4) is 0 Å². The Morgan fingerprint density at radius 1 is 1.28 bits per heavy atom. The predicted octanol–water partition coefficient (Wildman–Crippen LogP) is 3.89. The van der Waals surface area contributed by atoms with Gasteiger partial charge in [-0.3, -0.25) is 9.59 Å². The van der Waals surface area contributed by atoms with Gasteiger partial charge in [-0.1, -0.05) is 0 Å². The Kier molecular flexibility index (Phi) is 4.87. The summed E-state index contributed by atoms with van der Waals surface area (Å²) >= 11 is 0. The summed E-state index contributed by atoms with van der Waals surface area (Å²) in [5, 5.41) is 2.77. The summed E-state index contributed by atoms with van der Waals surface area (Å²) in [6.07, 6.45) is -1.47. The number of carbonyl (C=O) groups is 2. The molecule has 0 spiro atoms. The van der Waals surface area contributed by atoms with Crippen molar-refractivity contribution in [1.82, 2.24) is 9.97 Å². The highest BCUT2D eigenvalue weighted by molar-refractivity contribution is 6.06. The molecule has 2 heterocycles. The average molecular weight is 400 g/mol. The number of hydrogen-bond acceptors (Lipinski definition) is 4. The molecule has 0 bridgehead atoms. The van der Waals surface area contributed by atoms with Crippen molar-refractivity contribution in [3.8, 4) is 5.75 Å². The van der Waals surface area contributed by atoms with Crippen LogP contribution in [0.5, 0.6) is 5.75 Å². The van der Waals surface area contributed by atoms with Gasteiger partial charge in [-0.2, -0.15) is 0 Å². The summed E-state index contributed by atoms with van der Waals surface area (Å²) < 4.78 is 30.9. The van der Waals surface area contributed by atoms with Crippen molar-refractivity contribution in [1.29, 1.82) is 0 Å². The van der Waals surface area contributed by atoms with Gasteiger partial charge in [0.1, 0.15) is 5.75 Å². The fraction of sp³-hybridized carbons (Fsp3) is 0.250. The minimum atomic E-state index is -2.72. The number of halogens is 2. The lowest BCUT2D eigenvalue weighted by atomic mass is 10.1. The van der Waals surface area contributed by atoms with Crippen LogP contribution in [0.1, 0.15) is 35.4 Å². The van der Waals surface area contributed by atoms with E-state index in [1.807, 2.05) is 0 Å². The number of benzene rings is 2. The second-order valence-corrected chi connectivity index (χ2v) is 6.64. The van der Waals surface area contributed by atoms with Gasteiger partial charge >= 0.3 is 0 Å². The summed E-state index contributed by atoms with van der Waals surface area (Å²) in [7, 11) is 1.52. The monoisotopic (exact) mass is 400 g/mol. The van der Waals surface area contributed by atoms with Crippen LogP contribution >= 0.6 is 0 Å². The van der Waals surface area contributed by atoms with Crippen LogP contribution in [0.2, 0.25) is 0 Å². The average Bonchev–Trinajstić information content (AvgIpc) is 3.33. The van der Waals surface area contributed by atoms with E-state index in [4.69, 9.17) is 4.74 Å². The molecule has 1 saturated heterocycles. The van der Waals surface area contributed by atoms with Crippen LogP contribution in [-0.2, 0) is 4.79 Å². The summed E-state index contributed by atoms with van der Waals surface area (Å²) in [6, 6.07) is 9.53. The zero-order valence-electron chi connectivity index (χ0n) is 15.5. The third-order valence-corrected chi connectivity index (χ3v) is 4.77. The highest BCUT2D eigenvalue weighted by Gasteiger charge is 2.25. The van der Waals surface area contributed by atoms with Gasteiger partial charge in [0.05, 0.1) is 23.8 Å². The number of rotatable bonds is 5. The zero-order valence-corrected chi connectivity index (χ0v) is 15.5. The van der Waals surface area contributed by atoms with E-state index in [1.54, 1.807) is 23.1 Å². The van der Waals surface area contributed by atoms with E-state index in [1.165, 1.54) is 25.3 Å². The topological polar surface area (TPSA) is 87.3 Å². The van der Waals surface area contributed by atoms with Crippen molar-refractivity contribution in [3.63, 3.8) is 0 Å². The van der Waals surface area contributed by atoms with Crippen LogP contribution in [0.15, 0.2) is 36.4 Å². The van der Waals surface area contributed by atoms with E-state index in [2.05, 4.69) is 15.3 Å². The van der Waals surface area contributed by atoms with E-state index in [9.17, 15) is 18.4 Å². The SMILES string of the molecule is COc1ccc(NC(=O)c2ccc3nc(C(F)F)[nH]c3c2)cc1N1CCCC1=O. The number of carbonyl (C=O) groups excluding carboxylic acids is 2. The van der Waals surface area contributed by atoms with E-state index in [0.717, 1.165) is 6.42 Å². The summed E-state index contributed by atoms with van der Waals surface area (Å²) in [5.74, 6) is -0.306. The molecular weight excluding hydrogens is 382 g/mol. The van der Waals surface area contributed by atoms with Crippen LogP contribution in [0, 0.1) is 0 Å². The van der Waals surface area contributed by atoms with Crippen LogP contribution in [0.4, 0.5) is 20.2 Å². The summed E-state index contributed by atoms with van der Waals surface area (Å²) in [6.45, 7) is 0.593. The first-order chi connectivity index (χ1) is 14.0. The van der Waals surface area contributed by atoms with Gasteiger partial charge in [0, 0.05) is 24.2 Å². The lowest BCUT2D eigenvalue weighted by molar-refractivity contribution is -0.117. The van der Waals surface area contributed by atoms with E-state index in [-0.39, 0.29) is 11.5 Å². The smallest absolute Gasteiger partial charge is 0.295 e.